The van der Waals surface area contributed by atoms with E-state index in [2.05, 4.69) is 109 Å². The molecule has 232 valence electrons. The molecule has 0 bridgehead atoms. The molecular formula is C28H75N9. The highest BCUT2D eigenvalue weighted by molar-refractivity contribution is 4.84. The first-order chi connectivity index (χ1) is 16.4. The van der Waals surface area contributed by atoms with Gasteiger partial charge >= 0.3 is 0 Å². The number of nitrogens with one attached hydrogen (secondary N) is 5. The molecule has 9 nitrogen and oxygen atoms in total. The second-order valence-electron chi connectivity index (χ2n) is 10.4. The molecule has 0 saturated carbocycles. The van der Waals surface area contributed by atoms with Crippen LogP contribution in [0, 0.1) is 5.41 Å². The summed E-state index contributed by atoms with van der Waals surface area (Å²) in [6.45, 7) is 13.1. The summed E-state index contributed by atoms with van der Waals surface area (Å²) >= 11 is 0. The smallest absolute Gasteiger partial charge is 0.0341 e. The standard InChI is InChI=1S/C11H27N3.C8H21N3.C7H19N3.2CH4/c1-6-11(8-12-3,9-13-4)10-14(5)7-2;1-9-6-8(11(4)5)7-10(2)3;1-8-5-7(6-9-2)10(3)4;;/h12-13H,6-10H2,1-5H3;8-9H,6-7H2,1-5H3;7-9H,5-6H2,1-4H3;2*1H4. The maximum Gasteiger partial charge on any atom is 0.0341 e. The quantitative estimate of drug-likeness (QED) is 0.177. The SMILES string of the molecule is C.C.CCN(C)CC(CC)(CNC)CNC.CNCC(CN(C)C)N(C)C.CNCC(CNC)N(C)C. The van der Waals surface area contributed by atoms with Gasteiger partial charge in [0.05, 0.1) is 0 Å². The topological polar surface area (TPSA) is 73.1 Å². The molecule has 0 radical (unpaired) electrons. The van der Waals surface area contributed by atoms with E-state index in [1.807, 2.05) is 35.2 Å². The van der Waals surface area contributed by atoms with Gasteiger partial charge in [-0.1, -0.05) is 28.7 Å². The Morgan fingerprint density at radius 2 is 0.973 bits per heavy atom. The Hall–Kier alpha value is -0.360. The zero-order valence-electron chi connectivity index (χ0n) is 26.3. The van der Waals surface area contributed by atoms with Crippen LogP contribution in [0.5, 0.6) is 0 Å². The van der Waals surface area contributed by atoms with Gasteiger partial charge in [-0.05, 0) is 97.5 Å². The summed E-state index contributed by atoms with van der Waals surface area (Å²) in [4.78, 5) is 9.06. The number of hydrogen-bond acceptors (Lipinski definition) is 9. The molecule has 0 aliphatic rings. The van der Waals surface area contributed by atoms with Crippen molar-refractivity contribution in [1.29, 1.82) is 0 Å². The van der Waals surface area contributed by atoms with Gasteiger partial charge in [0.1, 0.15) is 0 Å². The van der Waals surface area contributed by atoms with Crippen LogP contribution in [0.2, 0.25) is 0 Å². The van der Waals surface area contributed by atoms with E-state index < -0.39 is 0 Å². The van der Waals surface area contributed by atoms with Crippen LogP contribution in [0.4, 0.5) is 0 Å². The summed E-state index contributed by atoms with van der Waals surface area (Å²) in [5.74, 6) is 0. The molecule has 0 aromatic heterocycles. The molecule has 0 heterocycles. The van der Waals surface area contributed by atoms with Gasteiger partial charge in [-0.25, -0.2) is 0 Å². The molecule has 9 heteroatoms. The van der Waals surface area contributed by atoms with E-state index in [4.69, 9.17) is 0 Å². The lowest BCUT2D eigenvalue weighted by Crippen LogP contribution is -2.47. The van der Waals surface area contributed by atoms with E-state index in [-0.39, 0.29) is 14.9 Å². The maximum absolute atomic E-state index is 3.31. The van der Waals surface area contributed by atoms with Crippen molar-refractivity contribution < 1.29 is 0 Å². The molecule has 0 amide bonds. The summed E-state index contributed by atoms with van der Waals surface area (Å²) in [5.41, 5.74) is 0.369. The van der Waals surface area contributed by atoms with Gasteiger partial charge in [0.2, 0.25) is 0 Å². The van der Waals surface area contributed by atoms with Crippen LogP contribution >= 0.6 is 0 Å². The van der Waals surface area contributed by atoms with E-state index in [1.54, 1.807) is 0 Å². The van der Waals surface area contributed by atoms with Crippen LogP contribution in [0.25, 0.3) is 0 Å². The third-order valence-corrected chi connectivity index (χ3v) is 6.35. The van der Waals surface area contributed by atoms with E-state index in [9.17, 15) is 0 Å². The fourth-order valence-corrected chi connectivity index (χ4v) is 3.95. The Bertz CT molecular complexity index is 408. The highest BCUT2D eigenvalue weighted by Gasteiger charge is 2.27. The van der Waals surface area contributed by atoms with E-state index in [0.29, 0.717) is 17.5 Å². The summed E-state index contributed by atoms with van der Waals surface area (Å²) in [6, 6.07) is 1.20. The molecule has 0 aromatic carbocycles. The predicted octanol–water partition coefficient (Wildman–Crippen LogP) is 1.10. The number of nitrogens with zero attached hydrogens (tertiary/aromatic N) is 4. The molecule has 0 fully saturated rings. The predicted molar refractivity (Wildman–Crippen MR) is 172 cm³/mol. The Labute approximate surface area is 235 Å². The highest BCUT2D eigenvalue weighted by Crippen LogP contribution is 2.21. The van der Waals surface area contributed by atoms with Gasteiger partial charge in [0.15, 0.2) is 0 Å². The Kier molecular flexibility index (Phi) is 37.9. The van der Waals surface area contributed by atoms with Crippen molar-refractivity contribution in [3.63, 3.8) is 0 Å². The molecular weight excluding hydrogens is 462 g/mol. The largest absolute Gasteiger partial charge is 0.319 e. The normalized spacial score (nSPS) is 12.1. The van der Waals surface area contributed by atoms with Crippen molar-refractivity contribution >= 4 is 0 Å². The fourth-order valence-electron chi connectivity index (χ4n) is 3.95. The van der Waals surface area contributed by atoms with Gasteiger partial charge in [0.25, 0.3) is 0 Å². The summed E-state index contributed by atoms with van der Waals surface area (Å²) in [6.07, 6.45) is 1.21. The summed E-state index contributed by atoms with van der Waals surface area (Å²) in [7, 11) is 24.8. The average molecular weight is 538 g/mol. The second kappa shape index (κ2) is 30.2. The van der Waals surface area contributed by atoms with E-state index >= 15 is 0 Å². The van der Waals surface area contributed by atoms with Crippen LogP contribution in [0.1, 0.15) is 35.1 Å². The molecule has 1 unspecified atom stereocenters. The Morgan fingerprint density at radius 3 is 1.22 bits per heavy atom. The second-order valence-corrected chi connectivity index (χ2v) is 10.4. The number of likely N-dealkylation sites (N-methyl/N-ethyl adjacent to an activating group) is 6. The lowest BCUT2D eigenvalue weighted by molar-refractivity contribution is 0.167. The fraction of sp³-hybridized carbons (Fsp3) is 1.00. The molecule has 1 atom stereocenters. The highest BCUT2D eigenvalue weighted by atomic mass is 15.2. The minimum absolute atomic E-state index is 0. The third-order valence-electron chi connectivity index (χ3n) is 6.35. The van der Waals surface area contributed by atoms with Crippen LogP contribution in [-0.4, -0.2) is 169 Å². The molecule has 37 heavy (non-hydrogen) atoms. The minimum Gasteiger partial charge on any atom is -0.319 e. The molecule has 0 spiro atoms. The van der Waals surface area contributed by atoms with Crippen LogP contribution < -0.4 is 26.6 Å². The Morgan fingerprint density at radius 1 is 0.595 bits per heavy atom. The molecule has 0 rings (SSSR count). The average Bonchev–Trinajstić information content (AvgIpc) is 2.79. The minimum atomic E-state index is 0. The molecule has 0 aliphatic carbocycles. The summed E-state index contributed by atoms with van der Waals surface area (Å²) in [5, 5.41) is 16.1. The van der Waals surface area contributed by atoms with Gasteiger partial charge in [-0.2, -0.15) is 0 Å². The van der Waals surface area contributed by atoms with Crippen LogP contribution in [0.15, 0.2) is 0 Å². The molecule has 5 N–H and O–H groups in total. The lowest BCUT2D eigenvalue weighted by atomic mass is 9.84. The van der Waals surface area contributed by atoms with Crippen molar-refractivity contribution in [1.82, 2.24) is 46.2 Å². The number of rotatable bonds is 18. The zero-order valence-corrected chi connectivity index (χ0v) is 26.3. The third kappa shape index (κ3) is 27.0. The first kappa shape index (κ1) is 46.5. The van der Waals surface area contributed by atoms with Crippen molar-refractivity contribution in [2.24, 2.45) is 5.41 Å². The monoisotopic (exact) mass is 538 g/mol. The maximum atomic E-state index is 3.31. The first-order valence-corrected chi connectivity index (χ1v) is 13.3. The van der Waals surface area contributed by atoms with Gasteiger partial charge in [-0.15, -0.1) is 0 Å². The number of hydrogen-bond donors (Lipinski definition) is 5. The van der Waals surface area contributed by atoms with Crippen LogP contribution in [-0.2, 0) is 0 Å². The molecule has 0 aliphatic heterocycles. The van der Waals surface area contributed by atoms with Gasteiger partial charge in [0, 0.05) is 63.3 Å². The first-order valence-electron chi connectivity index (χ1n) is 13.3. The van der Waals surface area contributed by atoms with Crippen molar-refractivity contribution in [3.05, 3.63) is 0 Å². The van der Waals surface area contributed by atoms with Crippen LogP contribution in [0.3, 0.4) is 0 Å². The Balaban J connectivity index is -0.000000137. The van der Waals surface area contributed by atoms with Gasteiger partial charge in [-0.3, -0.25) is 0 Å². The molecule has 0 saturated heterocycles. The van der Waals surface area contributed by atoms with E-state index in [0.717, 1.165) is 52.4 Å². The van der Waals surface area contributed by atoms with Crippen molar-refractivity contribution in [2.75, 3.05) is 137 Å². The van der Waals surface area contributed by atoms with Crippen molar-refractivity contribution in [3.8, 4) is 0 Å². The van der Waals surface area contributed by atoms with E-state index in [1.165, 1.54) is 6.42 Å². The van der Waals surface area contributed by atoms with Crippen molar-refractivity contribution in [2.45, 2.75) is 47.2 Å². The van der Waals surface area contributed by atoms with Gasteiger partial charge < -0.3 is 46.2 Å². The molecule has 0 aromatic rings. The zero-order chi connectivity index (χ0) is 27.9. The lowest BCUT2D eigenvalue weighted by Gasteiger charge is -2.36. The summed E-state index contributed by atoms with van der Waals surface area (Å²) < 4.78 is 0.